The standard InChI is InChI=1S/C21H23BrN4O2S/c1-12-6-5-7-13(2)20(12)28-10-17-23-21(26-25-17)29-11-18(27)24-19-14(3)8-16(22)9-15(19)4/h5-9H,10-11H2,1-4H3,(H,24,27)(H,23,25,26). The van der Waals surface area contributed by atoms with E-state index in [1.54, 1.807) is 0 Å². The molecule has 0 saturated heterocycles. The second-order valence-corrected chi connectivity index (χ2v) is 8.68. The zero-order chi connectivity index (χ0) is 21.0. The van der Waals surface area contributed by atoms with E-state index in [1.165, 1.54) is 11.8 Å². The van der Waals surface area contributed by atoms with Gasteiger partial charge in [0, 0.05) is 10.2 Å². The molecule has 0 atom stereocenters. The number of nitrogens with one attached hydrogen (secondary N) is 2. The minimum Gasteiger partial charge on any atom is -0.485 e. The lowest BCUT2D eigenvalue weighted by Crippen LogP contribution is -2.16. The molecule has 0 fully saturated rings. The Bertz CT molecular complexity index is 992. The van der Waals surface area contributed by atoms with Crippen molar-refractivity contribution in [3.05, 3.63) is 62.9 Å². The third kappa shape index (κ3) is 5.61. The number of hydrogen-bond donors (Lipinski definition) is 2. The minimum absolute atomic E-state index is 0.0957. The minimum atomic E-state index is -0.0957. The van der Waals surface area contributed by atoms with E-state index in [1.807, 2.05) is 58.0 Å². The molecule has 152 valence electrons. The first kappa shape index (κ1) is 21.4. The Morgan fingerprint density at radius 1 is 1.14 bits per heavy atom. The molecule has 2 N–H and O–H groups in total. The van der Waals surface area contributed by atoms with Crippen molar-refractivity contribution in [2.75, 3.05) is 11.1 Å². The summed E-state index contributed by atoms with van der Waals surface area (Å²) in [5, 5.41) is 10.5. The topological polar surface area (TPSA) is 79.9 Å². The van der Waals surface area contributed by atoms with Crippen LogP contribution in [0, 0.1) is 27.7 Å². The van der Waals surface area contributed by atoms with E-state index in [0.717, 1.165) is 38.2 Å². The van der Waals surface area contributed by atoms with Gasteiger partial charge in [0.1, 0.15) is 12.4 Å². The summed E-state index contributed by atoms with van der Waals surface area (Å²) in [4.78, 5) is 16.7. The number of para-hydroxylation sites is 1. The first-order chi connectivity index (χ1) is 13.8. The van der Waals surface area contributed by atoms with E-state index >= 15 is 0 Å². The van der Waals surface area contributed by atoms with Crippen LogP contribution < -0.4 is 10.1 Å². The molecule has 0 aliphatic carbocycles. The van der Waals surface area contributed by atoms with Gasteiger partial charge in [-0.3, -0.25) is 9.89 Å². The van der Waals surface area contributed by atoms with Gasteiger partial charge in [0.05, 0.1) is 5.75 Å². The maximum absolute atomic E-state index is 12.3. The Labute approximate surface area is 183 Å². The number of aromatic amines is 1. The summed E-state index contributed by atoms with van der Waals surface area (Å²) in [6, 6.07) is 9.99. The zero-order valence-electron chi connectivity index (χ0n) is 16.8. The number of aromatic nitrogens is 3. The van der Waals surface area contributed by atoms with Crippen molar-refractivity contribution in [2.45, 2.75) is 39.5 Å². The third-order valence-corrected chi connectivity index (χ3v) is 5.67. The van der Waals surface area contributed by atoms with Crippen LogP contribution in [0.3, 0.4) is 0 Å². The predicted octanol–water partition coefficient (Wildman–Crippen LogP) is 5.11. The van der Waals surface area contributed by atoms with Gasteiger partial charge in [0.25, 0.3) is 0 Å². The monoisotopic (exact) mass is 474 g/mol. The van der Waals surface area contributed by atoms with Crippen LogP contribution in [0.15, 0.2) is 40.0 Å². The SMILES string of the molecule is Cc1cc(Br)cc(C)c1NC(=O)CSc1n[nH]c(COc2c(C)cccc2C)n1. The lowest BCUT2D eigenvalue weighted by Gasteiger charge is -2.11. The van der Waals surface area contributed by atoms with Crippen LogP contribution in [-0.2, 0) is 11.4 Å². The largest absolute Gasteiger partial charge is 0.485 e. The number of nitrogens with zero attached hydrogens (tertiary/aromatic N) is 2. The second kappa shape index (κ2) is 9.45. The first-order valence-corrected chi connectivity index (χ1v) is 10.9. The van der Waals surface area contributed by atoms with Crippen LogP contribution in [-0.4, -0.2) is 26.8 Å². The van der Waals surface area contributed by atoms with Crippen LogP contribution in [0.2, 0.25) is 0 Å². The highest BCUT2D eigenvalue weighted by Crippen LogP contribution is 2.26. The zero-order valence-corrected chi connectivity index (χ0v) is 19.2. The number of carbonyl (C=O) groups is 1. The molecule has 1 amide bonds. The molecule has 3 aromatic rings. The number of anilines is 1. The van der Waals surface area contributed by atoms with E-state index in [9.17, 15) is 4.79 Å². The van der Waals surface area contributed by atoms with Crippen LogP contribution in [0.25, 0.3) is 0 Å². The summed E-state index contributed by atoms with van der Waals surface area (Å²) in [5.41, 5.74) is 5.03. The van der Waals surface area contributed by atoms with Gasteiger partial charge in [0.2, 0.25) is 11.1 Å². The first-order valence-electron chi connectivity index (χ1n) is 9.13. The van der Waals surface area contributed by atoms with Gasteiger partial charge < -0.3 is 10.1 Å². The fourth-order valence-corrected chi connectivity index (χ4v) is 4.29. The highest BCUT2D eigenvalue weighted by Gasteiger charge is 2.12. The number of aryl methyl sites for hydroxylation is 4. The van der Waals surface area contributed by atoms with E-state index in [4.69, 9.17) is 4.74 Å². The van der Waals surface area contributed by atoms with E-state index in [0.29, 0.717) is 17.6 Å². The fourth-order valence-electron chi connectivity index (χ4n) is 2.99. The van der Waals surface area contributed by atoms with Crippen molar-refractivity contribution >= 4 is 39.3 Å². The number of halogens is 1. The lowest BCUT2D eigenvalue weighted by molar-refractivity contribution is -0.113. The summed E-state index contributed by atoms with van der Waals surface area (Å²) < 4.78 is 6.88. The molecule has 0 spiro atoms. The Morgan fingerprint density at radius 3 is 2.45 bits per heavy atom. The Morgan fingerprint density at radius 2 is 1.79 bits per heavy atom. The third-order valence-electron chi connectivity index (χ3n) is 4.37. The molecule has 6 nitrogen and oxygen atoms in total. The molecule has 1 heterocycles. The van der Waals surface area contributed by atoms with Gasteiger partial charge in [0.15, 0.2) is 5.82 Å². The number of carbonyl (C=O) groups excluding carboxylic acids is 1. The molecule has 2 aromatic carbocycles. The van der Waals surface area contributed by atoms with Gasteiger partial charge in [-0.05, 0) is 62.1 Å². The van der Waals surface area contributed by atoms with Crippen molar-refractivity contribution in [3.8, 4) is 5.75 Å². The molecule has 0 saturated carbocycles. The molecule has 0 aliphatic heterocycles. The van der Waals surface area contributed by atoms with E-state index < -0.39 is 0 Å². The van der Waals surface area contributed by atoms with Gasteiger partial charge in [-0.25, -0.2) is 4.98 Å². The van der Waals surface area contributed by atoms with Gasteiger partial charge in [-0.15, -0.1) is 5.10 Å². The normalized spacial score (nSPS) is 10.8. The van der Waals surface area contributed by atoms with Crippen LogP contribution in [0.5, 0.6) is 5.75 Å². The maximum atomic E-state index is 12.3. The molecule has 0 unspecified atom stereocenters. The number of benzene rings is 2. The predicted molar refractivity (Wildman–Crippen MR) is 120 cm³/mol. The molecular formula is C21H23BrN4O2S. The molecule has 1 aromatic heterocycles. The smallest absolute Gasteiger partial charge is 0.234 e. The van der Waals surface area contributed by atoms with Gasteiger partial charge >= 0.3 is 0 Å². The molecule has 8 heteroatoms. The van der Waals surface area contributed by atoms with Crippen molar-refractivity contribution in [2.24, 2.45) is 0 Å². The Balaban J connectivity index is 1.53. The van der Waals surface area contributed by atoms with Crippen molar-refractivity contribution in [1.29, 1.82) is 0 Å². The van der Waals surface area contributed by atoms with Crippen molar-refractivity contribution in [1.82, 2.24) is 15.2 Å². The number of ether oxygens (including phenoxy) is 1. The number of rotatable bonds is 7. The number of thioether (sulfide) groups is 1. The highest BCUT2D eigenvalue weighted by molar-refractivity contribution is 9.10. The molecule has 0 bridgehead atoms. The molecular weight excluding hydrogens is 452 g/mol. The molecule has 0 radical (unpaired) electrons. The van der Waals surface area contributed by atoms with Gasteiger partial charge in [-0.1, -0.05) is 45.9 Å². The summed E-state index contributed by atoms with van der Waals surface area (Å²) in [6.45, 7) is 8.26. The highest BCUT2D eigenvalue weighted by atomic mass is 79.9. The summed E-state index contributed by atoms with van der Waals surface area (Å²) in [5.74, 6) is 1.61. The van der Waals surface area contributed by atoms with Crippen molar-refractivity contribution in [3.63, 3.8) is 0 Å². The molecule has 0 aliphatic rings. The number of amides is 1. The molecule has 3 rings (SSSR count). The van der Waals surface area contributed by atoms with E-state index in [-0.39, 0.29) is 11.7 Å². The average molecular weight is 475 g/mol. The number of hydrogen-bond acceptors (Lipinski definition) is 5. The summed E-state index contributed by atoms with van der Waals surface area (Å²) in [6.07, 6.45) is 0. The number of H-pyrrole nitrogens is 1. The quantitative estimate of drug-likeness (QED) is 0.465. The lowest BCUT2D eigenvalue weighted by atomic mass is 10.1. The fraction of sp³-hybridized carbons (Fsp3) is 0.286. The Hall–Kier alpha value is -2.32. The van der Waals surface area contributed by atoms with Gasteiger partial charge in [-0.2, -0.15) is 0 Å². The van der Waals surface area contributed by atoms with Crippen LogP contribution in [0.4, 0.5) is 5.69 Å². The van der Waals surface area contributed by atoms with E-state index in [2.05, 4.69) is 36.4 Å². The Kier molecular flexibility index (Phi) is 6.97. The maximum Gasteiger partial charge on any atom is 0.234 e. The molecule has 29 heavy (non-hydrogen) atoms. The summed E-state index contributed by atoms with van der Waals surface area (Å²) in [7, 11) is 0. The summed E-state index contributed by atoms with van der Waals surface area (Å²) >= 11 is 4.75. The average Bonchev–Trinajstić information content (AvgIpc) is 3.10. The van der Waals surface area contributed by atoms with Crippen molar-refractivity contribution < 1.29 is 9.53 Å². The van der Waals surface area contributed by atoms with Crippen LogP contribution >= 0.6 is 27.7 Å². The second-order valence-electron chi connectivity index (χ2n) is 6.83. The van der Waals surface area contributed by atoms with Crippen LogP contribution in [0.1, 0.15) is 28.1 Å².